The minimum absolute atomic E-state index is 0.0347. The van der Waals surface area contributed by atoms with Crippen molar-refractivity contribution in [1.29, 1.82) is 0 Å². The molecule has 1 saturated heterocycles. The monoisotopic (exact) mass is 291 g/mol. The minimum Gasteiger partial charge on any atom is -0.480 e. The summed E-state index contributed by atoms with van der Waals surface area (Å²) in [5.41, 5.74) is -0.125. The van der Waals surface area contributed by atoms with Gasteiger partial charge in [0.25, 0.3) is 11.5 Å². The van der Waals surface area contributed by atoms with E-state index in [0.29, 0.717) is 36.8 Å². The van der Waals surface area contributed by atoms with Gasteiger partial charge >= 0.3 is 5.97 Å². The average Bonchev–Trinajstić information content (AvgIpc) is 3.14. The molecular formula is C14H17N3O4. The molecule has 112 valence electrons. The van der Waals surface area contributed by atoms with Gasteiger partial charge in [-0.25, -0.2) is 9.78 Å². The van der Waals surface area contributed by atoms with E-state index in [1.165, 1.54) is 4.90 Å². The van der Waals surface area contributed by atoms with Crippen molar-refractivity contribution in [3.05, 3.63) is 27.4 Å². The first-order valence-electron chi connectivity index (χ1n) is 7.13. The third kappa shape index (κ3) is 2.43. The van der Waals surface area contributed by atoms with E-state index in [2.05, 4.69) is 9.97 Å². The largest absolute Gasteiger partial charge is 0.480 e. The number of H-pyrrole nitrogens is 1. The van der Waals surface area contributed by atoms with Gasteiger partial charge in [-0.15, -0.1) is 0 Å². The van der Waals surface area contributed by atoms with Crippen molar-refractivity contribution in [2.45, 2.75) is 44.6 Å². The lowest BCUT2D eigenvalue weighted by atomic mass is 10.1. The molecule has 1 atom stereocenters. The Morgan fingerprint density at radius 2 is 2.05 bits per heavy atom. The van der Waals surface area contributed by atoms with Crippen LogP contribution in [0.3, 0.4) is 0 Å². The van der Waals surface area contributed by atoms with E-state index in [0.717, 1.165) is 12.8 Å². The average molecular weight is 291 g/mol. The Morgan fingerprint density at radius 1 is 1.33 bits per heavy atom. The molecule has 0 unspecified atom stereocenters. The van der Waals surface area contributed by atoms with Crippen LogP contribution in [0.5, 0.6) is 0 Å². The van der Waals surface area contributed by atoms with Crippen LogP contribution in [0, 0.1) is 6.92 Å². The number of aliphatic carboxylic acids is 1. The summed E-state index contributed by atoms with van der Waals surface area (Å²) in [6.45, 7) is 1.99. The molecule has 2 heterocycles. The van der Waals surface area contributed by atoms with Crippen molar-refractivity contribution in [2.24, 2.45) is 0 Å². The highest BCUT2D eigenvalue weighted by molar-refractivity contribution is 5.97. The number of carbonyl (C=O) groups excluding carboxylic acids is 1. The van der Waals surface area contributed by atoms with Crippen molar-refractivity contribution >= 4 is 11.9 Å². The Labute approximate surface area is 121 Å². The van der Waals surface area contributed by atoms with E-state index in [-0.39, 0.29) is 5.56 Å². The molecule has 1 aliphatic heterocycles. The fourth-order valence-electron chi connectivity index (χ4n) is 2.82. The molecule has 1 aliphatic carbocycles. The SMILES string of the molecule is Cc1nc(C2CC2)[nH]c(=O)c1C(=O)N1CCC[C@@H]1C(=O)O. The highest BCUT2D eigenvalue weighted by atomic mass is 16.4. The molecule has 1 aromatic heterocycles. The van der Waals surface area contributed by atoms with Crippen LogP contribution in [-0.2, 0) is 4.79 Å². The molecule has 1 saturated carbocycles. The Balaban J connectivity index is 1.94. The lowest BCUT2D eigenvalue weighted by Gasteiger charge is -2.21. The predicted molar refractivity (Wildman–Crippen MR) is 73.3 cm³/mol. The first-order chi connectivity index (χ1) is 9.99. The zero-order chi connectivity index (χ0) is 15.1. The number of aromatic nitrogens is 2. The first kappa shape index (κ1) is 13.8. The topological polar surface area (TPSA) is 103 Å². The van der Waals surface area contributed by atoms with Crippen LogP contribution in [0.15, 0.2) is 4.79 Å². The van der Waals surface area contributed by atoms with Gasteiger partial charge in [-0.05, 0) is 32.6 Å². The second-order valence-corrected chi connectivity index (χ2v) is 5.68. The van der Waals surface area contributed by atoms with Gasteiger partial charge in [0.1, 0.15) is 17.4 Å². The van der Waals surface area contributed by atoms with Gasteiger partial charge in [0.05, 0.1) is 5.69 Å². The number of hydrogen-bond donors (Lipinski definition) is 2. The Morgan fingerprint density at radius 3 is 2.62 bits per heavy atom. The van der Waals surface area contributed by atoms with E-state index < -0.39 is 23.5 Å². The van der Waals surface area contributed by atoms with Crippen LogP contribution < -0.4 is 5.56 Å². The summed E-state index contributed by atoms with van der Waals surface area (Å²) in [6, 6.07) is -0.848. The zero-order valence-corrected chi connectivity index (χ0v) is 11.8. The van der Waals surface area contributed by atoms with E-state index in [1.54, 1.807) is 6.92 Å². The molecule has 1 amide bonds. The molecule has 0 spiro atoms. The third-order valence-electron chi connectivity index (χ3n) is 4.10. The van der Waals surface area contributed by atoms with E-state index in [1.807, 2.05) is 0 Å². The molecule has 21 heavy (non-hydrogen) atoms. The molecule has 2 aliphatic rings. The van der Waals surface area contributed by atoms with Gasteiger partial charge in [-0.3, -0.25) is 9.59 Å². The van der Waals surface area contributed by atoms with E-state index >= 15 is 0 Å². The highest BCUT2D eigenvalue weighted by Crippen LogP contribution is 2.37. The van der Waals surface area contributed by atoms with Crippen molar-refractivity contribution in [3.8, 4) is 0 Å². The summed E-state index contributed by atoms with van der Waals surface area (Å²) in [5, 5.41) is 9.15. The van der Waals surface area contributed by atoms with Gasteiger partial charge in [-0.2, -0.15) is 0 Å². The van der Waals surface area contributed by atoms with Gasteiger partial charge in [0.2, 0.25) is 0 Å². The number of carboxylic acids is 1. The summed E-state index contributed by atoms with van der Waals surface area (Å²) >= 11 is 0. The number of hydrogen-bond acceptors (Lipinski definition) is 4. The van der Waals surface area contributed by atoms with Crippen molar-refractivity contribution in [1.82, 2.24) is 14.9 Å². The van der Waals surface area contributed by atoms with Crippen LogP contribution in [-0.4, -0.2) is 44.4 Å². The maximum absolute atomic E-state index is 12.5. The van der Waals surface area contributed by atoms with Gasteiger partial charge < -0.3 is 15.0 Å². The van der Waals surface area contributed by atoms with Gasteiger partial charge in [-0.1, -0.05) is 0 Å². The van der Waals surface area contributed by atoms with E-state index in [4.69, 9.17) is 5.11 Å². The lowest BCUT2D eigenvalue weighted by Crippen LogP contribution is -2.43. The van der Waals surface area contributed by atoms with Crippen LogP contribution in [0.2, 0.25) is 0 Å². The maximum Gasteiger partial charge on any atom is 0.326 e. The summed E-state index contributed by atoms with van der Waals surface area (Å²) in [6.07, 6.45) is 3.06. The normalized spacial score (nSPS) is 21.6. The molecule has 2 N–H and O–H groups in total. The van der Waals surface area contributed by atoms with Gasteiger partial charge in [0.15, 0.2) is 0 Å². The number of likely N-dealkylation sites (tertiary alicyclic amines) is 1. The molecule has 7 nitrogen and oxygen atoms in total. The number of aromatic amines is 1. The summed E-state index contributed by atoms with van der Waals surface area (Å²) < 4.78 is 0. The predicted octanol–water partition coefficient (Wildman–Crippen LogP) is 0.645. The Hall–Kier alpha value is -2.18. The second kappa shape index (κ2) is 4.98. The third-order valence-corrected chi connectivity index (χ3v) is 4.10. The number of aryl methyl sites for hydroxylation is 1. The van der Waals surface area contributed by atoms with Crippen LogP contribution in [0.4, 0.5) is 0 Å². The van der Waals surface area contributed by atoms with Crippen molar-refractivity contribution in [3.63, 3.8) is 0 Å². The summed E-state index contributed by atoms with van der Waals surface area (Å²) in [7, 11) is 0. The molecule has 3 rings (SSSR count). The molecule has 0 aromatic carbocycles. The number of nitrogens with one attached hydrogen (secondary N) is 1. The number of rotatable bonds is 3. The minimum atomic E-state index is -1.03. The molecule has 1 aromatic rings. The number of carboxylic acid groups (broad SMARTS) is 1. The molecule has 0 bridgehead atoms. The zero-order valence-electron chi connectivity index (χ0n) is 11.8. The lowest BCUT2D eigenvalue weighted by molar-refractivity contribution is -0.141. The van der Waals surface area contributed by atoms with Gasteiger partial charge in [0, 0.05) is 12.5 Å². The Bertz CT molecular complexity index is 663. The molecule has 0 radical (unpaired) electrons. The molecule has 7 heteroatoms. The van der Waals surface area contributed by atoms with Crippen LogP contribution >= 0.6 is 0 Å². The number of nitrogens with zero attached hydrogens (tertiary/aromatic N) is 2. The van der Waals surface area contributed by atoms with Crippen molar-refractivity contribution < 1.29 is 14.7 Å². The quantitative estimate of drug-likeness (QED) is 0.850. The smallest absolute Gasteiger partial charge is 0.326 e. The second-order valence-electron chi connectivity index (χ2n) is 5.68. The fourth-order valence-corrected chi connectivity index (χ4v) is 2.82. The Kier molecular flexibility index (Phi) is 3.27. The van der Waals surface area contributed by atoms with E-state index in [9.17, 15) is 14.4 Å². The molecule has 2 fully saturated rings. The summed E-state index contributed by atoms with van der Waals surface area (Å²) in [4.78, 5) is 44.1. The standard InChI is InChI=1S/C14H17N3O4/c1-7-10(12(18)16-11(15-7)8-4-5-8)13(19)17-6-2-3-9(17)14(20)21/h8-9H,2-6H2,1H3,(H,20,21)(H,15,16,18)/t9-/m1/s1. The molecular weight excluding hydrogens is 274 g/mol. The fraction of sp³-hybridized carbons (Fsp3) is 0.571. The van der Waals surface area contributed by atoms with Crippen molar-refractivity contribution in [2.75, 3.05) is 6.54 Å². The highest BCUT2D eigenvalue weighted by Gasteiger charge is 2.36. The number of amides is 1. The summed E-state index contributed by atoms with van der Waals surface area (Å²) in [5.74, 6) is -0.643. The maximum atomic E-state index is 12.5. The van der Waals surface area contributed by atoms with Crippen LogP contribution in [0.1, 0.15) is 53.5 Å². The number of carbonyl (C=O) groups is 2. The van der Waals surface area contributed by atoms with Crippen LogP contribution in [0.25, 0.3) is 0 Å². The first-order valence-corrected chi connectivity index (χ1v) is 7.13.